The van der Waals surface area contributed by atoms with Crippen LogP contribution in [-0.2, 0) is 13.0 Å². The number of aryl methyl sites for hydroxylation is 3. The van der Waals surface area contributed by atoms with Crippen LogP contribution in [0, 0.1) is 13.8 Å². The predicted octanol–water partition coefficient (Wildman–Crippen LogP) is 3.00. The van der Waals surface area contributed by atoms with Crippen molar-refractivity contribution in [2.45, 2.75) is 53.1 Å². The van der Waals surface area contributed by atoms with Crippen LogP contribution in [0.15, 0.2) is 24.8 Å². The van der Waals surface area contributed by atoms with Gasteiger partial charge in [-0.2, -0.15) is 9.61 Å². The van der Waals surface area contributed by atoms with Crippen molar-refractivity contribution in [1.29, 1.82) is 0 Å². The van der Waals surface area contributed by atoms with Crippen molar-refractivity contribution in [3.63, 3.8) is 0 Å². The fourth-order valence-corrected chi connectivity index (χ4v) is 2.70. The smallest absolute Gasteiger partial charge is 0.160 e. The first-order chi connectivity index (χ1) is 11.1. The lowest BCUT2D eigenvalue weighted by Crippen LogP contribution is -2.25. The summed E-state index contributed by atoms with van der Waals surface area (Å²) >= 11 is 0. The van der Waals surface area contributed by atoms with Crippen molar-refractivity contribution < 1.29 is 0 Å². The van der Waals surface area contributed by atoms with E-state index in [0.29, 0.717) is 6.04 Å². The van der Waals surface area contributed by atoms with Crippen LogP contribution in [0.3, 0.4) is 0 Å². The molecular weight excluding hydrogens is 288 g/mol. The molecule has 0 unspecified atom stereocenters. The van der Waals surface area contributed by atoms with Gasteiger partial charge >= 0.3 is 0 Å². The van der Waals surface area contributed by atoms with Crippen LogP contribution in [0.4, 0.5) is 5.82 Å². The summed E-state index contributed by atoms with van der Waals surface area (Å²) in [7, 11) is 0. The third-order valence-electron chi connectivity index (χ3n) is 4.31. The van der Waals surface area contributed by atoms with Crippen LogP contribution in [0.1, 0.15) is 37.2 Å². The molecular formula is C17H24N6. The molecule has 1 atom stereocenters. The Morgan fingerprint density at radius 2 is 2.09 bits per heavy atom. The van der Waals surface area contributed by atoms with E-state index in [-0.39, 0.29) is 0 Å². The molecule has 6 heteroatoms. The van der Waals surface area contributed by atoms with Gasteiger partial charge in [-0.3, -0.25) is 0 Å². The molecule has 6 nitrogen and oxygen atoms in total. The summed E-state index contributed by atoms with van der Waals surface area (Å²) < 4.78 is 4.03. The Hall–Kier alpha value is -2.37. The molecule has 3 rings (SSSR count). The first-order valence-corrected chi connectivity index (χ1v) is 8.20. The molecule has 0 amide bonds. The van der Waals surface area contributed by atoms with Gasteiger partial charge in [0.05, 0.1) is 12.0 Å². The summed E-state index contributed by atoms with van der Waals surface area (Å²) in [5, 5.41) is 8.28. The molecule has 0 aliphatic heterocycles. The van der Waals surface area contributed by atoms with Gasteiger partial charge < -0.3 is 9.88 Å². The number of aromatic nitrogens is 5. The molecule has 0 bridgehead atoms. The maximum Gasteiger partial charge on any atom is 0.160 e. The quantitative estimate of drug-likeness (QED) is 0.760. The van der Waals surface area contributed by atoms with Crippen LogP contribution < -0.4 is 5.32 Å². The Bertz CT molecular complexity index is 787. The molecule has 3 aromatic rings. The fourth-order valence-electron chi connectivity index (χ4n) is 2.70. The number of hydrogen-bond donors (Lipinski definition) is 1. The highest BCUT2D eigenvalue weighted by Crippen LogP contribution is 2.20. The maximum absolute atomic E-state index is 4.73. The molecule has 122 valence electrons. The van der Waals surface area contributed by atoms with Crippen LogP contribution in [0.2, 0.25) is 0 Å². The lowest BCUT2D eigenvalue weighted by Gasteiger charge is -2.19. The van der Waals surface area contributed by atoms with Crippen molar-refractivity contribution in [3.05, 3.63) is 41.7 Å². The highest BCUT2D eigenvalue weighted by Gasteiger charge is 2.14. The zero-order valence-electron chi connectivity index (χ0n) is 14.2. The average Bonchev–Trinajstić information content (AvgIpc) is 3.16. The van der Waals surface area contributed by atoms with Crippen LogP contribution >= 0.6 is 0 Å². The monoisotopic (exact) mass is 312 g/mol. The topological polar surface area (TPSA) is 60.0 Å². The zero-order valence-corrected chi connectivity index (χ0v) is 14.2. The molecule has 0 aromatic carbocycles. The van der Waals surface area contributed by atoms with Gasteiger partial charge in [-0.1, -0.05) is 13.8 Å². The number of nitrogens with zero attached hydrogens (tertiary/aromatic N) is 5. The second-order valence-electron chi connectivity index (χ2n) is 5.94. The maximum atomic E-state index is 4.73. The molecule has 0 aliphatic carbocycles. The first kappa shape index (κ1) is 15.5. The van der Waals surface area contributed by atoms with Gasteiger partial charge in [-0.15, -0.1) is 0 Å². The normalized spacial score (nSPS) is 12.7. The molecule has 0 aliphatic rings. The molecule has 1 N–H and O–H groups in total. The highest BCUT2D eigenvalue weighted by molar-refractivity contribution is 5.56. The van der Waals surface area contributed by atoms with E-state index in [0.717, 1.165) is 47.8 Å². The molecule has 0 saturated carbocycles. The molecule has 0 radical (unpaired) electrons. The lowest BCUT2D eigenvalue weighted by molar-refractivity contribution is 0.565. The van der Waals surface area contributed by atoms with E-state index < -0.39 is 0 Å². The number of hydrogen-bond acceptors (Lipinski definition) is 4. The van der Waals surface area contributed by atoms with Crippen molar-refractivity contribution in [1.82, 2.24) is 24.1 Å². The Labute approximate surface area is 136 Å². The number of imidazole rings is 1. The van der Waals surface area contributed by atoms with E-state index in [4.69, 9.17) is 4.98 Å². The Balaban J connectivity index is 1.95. The largest absolute Gasteiger partial charge is 0.365 e. The van der Waals surface area contributed by atoms with Gasteiger partial charge in [-0.05, 0) is 26.7 Å². The average molecular weight is 312 g/mol. The third-order valence-corrected chi connectivity index (χ3v) is 4.31. The fraction of sp³-hybridized carbons (Fsp3) is 0.471. The minimum atomic E-state index is 0.310. The SMILES string of the molecule is CCc1cc(N[C@H](CC)Cn2ccnc2)n2nc(C)c(C)c2n1. The summed E-state index contributed by atoms with van der Waals surface area (Å²) in [6.45, 7) is 9.30. The van der Waals surface area contributed by atoms with Gasteiger partial charge in [0.25, 0.3) is 0 Å². The molecule has 3 heterocycles. The van der Waals surface area contributed by atoms with Gasteiger partial charge in [0.1, 0.15) is 5.82 Å². The number of anilines is 1. The highest BCUT2D eigenvalue weighted by atomic mass is 15.3. The van der Waals surface area contributed by atoms with Gasteiger partial charge in [0.2, 0.25) is 0 Å². The molecule has 0 spiro atoms. The van der Waals surface area contributed by atoms with E-state index >= 15 is 0 Å². The van der Waals surface area contributed by atoms with E-state index in [9.17, 15) is 0 Å². The standard InChI is InChI=1S/C17H24N6/c1-5-14-9-16(23-17(20-14)12(3)13(4)21-23)19-15(6-2)10-22-8-7-18-11-22/h7-9,11,15,19H,5-6,10H2,1-4H3/t15-/m1/s1. The second kappa shape index (κ2) is 6.40. The second-order valence-corrected chi connectivity index (χ2v) is 5.94. The van der Waals surface area contributed by atoms with Crippen molar-refractivity contribution >= 4 is 11.5 Å². The summed E-state index contributed by atoms with van der Waals surface area (Å²) in [6.07, 6.45) is 7.58. The summed E-state index contributed by atoms with van der Waals surface area (Å²) in [5.41, 5.74) is 4.20. The van der Waals surface area contributed by atoms with E-state index in [2.05, 4.69) is 46.8 Å². The molecule has 0 fully saturated rings. The molecule has 3 aromatic heterocycles. The van der Waals surface area contributed by atoms with Crippen molar-refractivity contribution in [3.8, 4) is 0 Å². The Kier molecular flexibility index (Phi) is 4.32. The van der Waals surface area contributed by atoms with Gasteiger partial charge in [0, 0.05) is 42.3 Å². The minimum Gasteiger partial charge on any atom is -0.365 e. The number of fused-ring (bicyclic) bond motifs is 1. The van der Waals surface area contributed by atoms with E-state index in [1.165, 1.54) is 0 Å². The van der Waals surface area contributed by atoms with Gasteiger partial charge in [-0.25, -0.2) is 9.97 Å². The summed E-state index contributed by atoms with van der Waals surface area (Å²) in [6, 6.07) is 2.42. The third kappa shape index (κ3) is 3.06. The molecule has 23 heavy (non-hydrogen) atoms. The van der Waals surface area contributed by atoms with E-state index in [1.54, 1.807) is 0 Å². The number of rotatable bonds is 6. The first-order valence-electron chi connectivity index (χ1n) is 8.20. The Morgan fingerprint density at radius 1 is 1.26 bits per heavy atom. The lowest BCUT2D eigenvalue weighted by atomic mass is 10.2. The zero-order chi connectivity index (χ0) is 16.4. The van der Waals surface area contributed by atoms with Crippen LogP contribution in [0.25, 0.3) is 5.65 Å². The number of nitrogens with one attached hydrogen (secondary N) is 1. The summed E-state index contributed by atoms with van der Waals surface area (Å²) in [5.74, 6) is 1.01. The summed E-state index contributed by atoms with van der Waals surface area (Å²) in [4.78, 5) is 8.85. The van der Waals surface area contributed by atoms with Crippen LogP contribution in [-0.4, -0.2) is 30.2 Å². The van der Waals surface area contributed by atoms with Crippen molar-refractivity contribution in [2.75, 3.05) is 5.32 Å². The molecule has 0 saturated heterocycles. The Morgan fingerprint density at radius 3 is 2.74 bits per heavy atom. The van der Waals surface area contributed by atoms with Crippen LogP contribution in [0.5, 0.6) is 0 Å². The van der Waals surface area contributed by atoms with Crippen molar-refractivity contribution in [2.24, 2.45) is 0 Å². The predicted molar refractivity (Wildman–Crippen MR) is 91.8 cm³/mol. The van der Waals surface area contributed by atoms with E-state index in [1.807, 2.05) is 30.2 Å². The minimum absolute atomic E-state index is 0.310. The van der Waals surface area contributed by atoms with Gasteiger partial charge in [0.15, 0.2) is 5.65 Å².